The third kappa shape index (κ3) is 4.51. The molecular formula is C16H21NO3. The lowest BCUT2D eigenvalue weighted by Crippen LogP contribution is -2.27. The summed E-state index contributed by atoms with van der Waals surface area (Å²) >= 11 is 0. The van der Waals surface area contributed by atoms with Crippen LogP contribution in [0.2, 0.25) is 0 Å². The van der Waals surface area contributed by atoms with E-state index in [9.17, 15) is 4.79 Å². The second-order valence-corrected chi connectivity index (χ2v) is 5.47. The Morgan fingerprint density at radius 2 is 2.05 bits per heavy atom. The Morgan fingerprint density at radius 1 is 1.40 bits per heavy atom. The molecule has 108 valence electrons. The van der Waals surface area contributed by atoms with Crippen LogP contribution in [0.25, 0.3) is 0 Å². The largest absolute Gasteiger partial charge is 0.496 e. The van der Waals surface area contributed by atoms with Crippen LogP contribution in [-0.2, 0) is 4.74 Å². The first kappa shape index (κ1) is 15.9. The number of terminal acetylenes is 1. The fourth-order valence-corrected chi connectivity index (χ4v) is 1.66. The Labute approximate surface area is 120 Å². The number of rotatable bonds is 3. The average Bonchev–Trinajstić information content (AvgIpc) is 2.35. The van der Waals surface area contributed by atoms with Crippen LogP contribution >= 0.6 is 0 Å². The van der Waals surface area contributed by atoms with Crippen molar-refractivity contribution in [2.24, 2.45) is 0 Å². The van der Waals surface area contributed by atoms with Crippen molar-refractivity contribution in [2.75, 3.05) is 12.4 Å². The highest BCUT2D eigenvalue weighted by Gasteiger charge is 2.17. The SMILES string of the molecule is C#CC(C)c1cc(NC(=O)OC(C)(C)C)ccc1OC. The molecule has 0 fully saturated rings. The van der Waals surface area contributed by atoms with Gasteiger partial charge in [-0.1, -0.05) is 5.92 Å². The van der Waals surface area contributed by atoms with Crippen molar-refractivity contribution in [3.05, 3.63) is 23.8 Å². The molecule has 0 spiro atoms. The van der Waals surface area contributed by atoms with Crippen molar-refractivity contribution in [3.8, 4) is 18.1 Å². The first-order valence-corrected chi connectivity index (χ1v) is 6.41. The lowest BCUT2D eigenvalue weighted by Gasteiger charge is -2.20. The zero-order valence-corrected chi connectivity index (χ0v) is 12.6. The third-order valence-corrected chi connectivity index (χ3v) is 2.59. The van der Waals surface area contributed by atoms with Crippen LogP contribution in [0.3, 0.4) is 0 Å². The molecule has 0 aliphatic heterocycles. The van der Waals surface area contributed by atoms with Gasteiger partial charge in [-0.05, 0) is 45.9 Å². The summed E-state index contributed by atoms with van der Waals surface area (Å²) in [6, 6.07) is 5.32. The van der Waals surface area contributed by atoms with Crippen LogP contribution in [0.15, 0.2) is 18.2 Å². The van der Waals surface area contributed by atoms with Gasteiger partial charge in [0.1, 0.15) is 11.4 Å². The Balaban J connectivity index is 2.93. The summed E-state index contributed by atoms with van der Waals surface area (Å²) < 4.78 is 10.5. The second-order valence-electron chi connectivity index (χ2n) is 5.47. The smallest absolute Gasteiger partial charge is 0.412 e. The zero-order chi connectivity index (χ0) is 15.3. The predicted octanol–water partition coefficient (Wildman–Crippen LogP) is 3.78. The van der Waals surface area contributed by atoms with Crippen LogP contribution in [0.1, 0.15) is 39.2 Å². The highest BCUT2D eigenvalue weighted by atomic mass is 16.6. The highest BCUT2D eigenvalue weighted by Crippen LogP contribution is 2.29. The molecule has 1 N–H and O–H groups in total. The number of ether oxygens (including phenoxy) is 2. The van der Waals surface area contributed by atoms with Gasteiger partial charge < -0.3 is 9.47 Å². The minimum Gasteiger partial charge on any atom is -0.496 e. The number of carbonyl (C=O) groups excluding carboxylic acids is 1. The number of hydrogen-bond donors (Lipinski definition) is 1. The summed E-state index contributed by atoms with van der Waals surface area (Å²) in [5.74, 6) is 3.24. The van der Waals surface area contributed by atoms with Crippen molar-refractivity contribution in [2.45, 2.75) is 39.2 Å². The Kier molecular flexibility index (Phi) is 5.04. The molecule has 1 atom stereocenters. The van der Waals surface area contributed by atoms with E-state index in [1.807, 2.05) is 27.7 Å². The third-order valence-electron chi connectivity index (χ3n) is 2.59. The minimum atomic E-state index is -0.536. The molecule has 20 heavy (non-hydrogen) atoms. The number of amides is 1. The van der Waals surface area contributed by atoms with Crippen molar-refractivity contribution in [1.29, 1.82) is 0 Å². The lowest BCUT2D eigenvalue weighted by atomic mass is 10.0. The lowest BCUT2D eigenvalue weighted by molar-refractivity contribution is 0.0636. The fraction of sp³-hybridized carbons (Fsp3) is 0.438. The van der Waals surface area contributed by atoms with Gasteiger partial charge in [-0.15, -0.1) is 6.42 Å². The highest BCUT2D eigenvalue weighted by molar-refractivity contribution is 5.85. The second kappa shape index (κ2) is 6.33. The number of carbonyl (C=O) groups is 1. The first-order valence-electron chi connectivity index (χ1n) is 6.41. The molecule has 0 aliphatic carbocycles. The Hall–Kier alpha value is -2.15. The average molecular weight is 275 g/mol. The van der Waals surface area contributed by atoms with Crippen molar-refractivity contribution in [1.82, 2.24) is 0 Å². The van der Waals surface area contributed by atoms with Crippen molar-refractivity contribution >= 4 is 11.8 Å². The van der Waals surface area contributed by atoms with E-state index in [0.29, 0.717) is 11.4 Å². The molecule has 0 heterocycles. The summed E-state index contributed by atoms with van der Waals surface area (Å²) in [6.07, 6.45) is 4.95. The van der Waals surface area contributed by atoms with Gasteiger partial charge in [-0.25, -0.2) is 4.79 Å². The maximum Gasteiger partial charge on any atom is 0.412 e. The van der Waals surface area contributed by atoms with Gasteiger partial charge in [0.2, 0.25) is 0 Å². The normalized spacial score (nSPS) is 12.2. The molecule has 1 amide bonds. The van der Waals surface area contributed by atoms with Gasteiger partial charge in [0.25, 0.3) is 0 Å². The molecule has 1 unspecified atom stereocenters. The number of methoxy groups -OCH3 is 1. The quantitative estimate of drug-likeness (QED) is 0.854. The van der Waals surface area contributed by atoms with Crippen LogP contribution in [0.4, 0.5) is 10.5 Å². The molecule has 0 bridgehead atoms. The Bertz CT molecular complexity index is 524. The van der Waals surface area contributed by atoms with E-state index in [-0.39, 0.29) is 5.92 Å². The standard InChI is InChI=1S/C16H21NO3/c1-7-11(2)13-10-12(8-9-14(13)19-6)17-15(18)20-16(3,4)5/h1,8-11H,2-6H3,(H,17,18). The first-order chi connectivity index (χ1) is 9.26. The van der Waals surface area contributed by atoms with Gasteiger partial charge in [-0.3, -0.25) is 5.32 Å². The number of hydrogen-bond acceptors (Lipinski definition) is 3. The van der Waals surface area contributed by atoms with Gasteiger partial charge in [0.05, 0.1) is 7.11 Å². The summed E-state index contributed by atoms with van der Waals surface area (Å²) in [5, 5.41) is 2.68. The van der Waals surface area contributed by atoms with Crippen LogP contribution in [-0.4, -0.2) is 18.8 Å². The molecule has 4 nitrogen and oxygen atoms in total. The fourth-order valence-electron chi connectivity index (χ4n) is 1.66. The molecule has 4 heteroatoms. The molecule has 1 aromatic rings. The van der Waals surface area contributed by atoms with E-state index < -0.39 is 11.7 Å². The van der Waals surface area contributed by atoms with Gasteiger partial charge >= 0.3 is 6.09 Å². The summed E-state index contributed by atoms with van der Waals surface area (Å²) in [5.41, 5.74) is 0.937. The monoisotopic (exact) mass is 275 g/mol. The summed E-state index contributed by atoms with van der Waals surface area (Å²) in [4.78, 5) is 11.7. The molecule has 0 aliphatic rings. The molecular weight excluding hydrogens is 254 g/mol. The molecule has 0 radical (unpaired) electrons. The van der Waals surface area contributed by atoms with E-state index in [0.717, 1.165) is 5.56 Å². The van der Waals surface area contributed by atoms with Crippen LogP contribution in [0.5, 0.6) is 5.75 Å². The number of anilines is 1. The summed E-state index contributed by atoms with van der Waals surface area (Å²) in [7, 11) is 1.59. The van der Waals surface area contributed by atoms with E-state index in [2.05, 4.69) is 11.2 Å². The maximum atomic E-state index is 11.7. The van der Waals surface area contributed by atoms with Crippen LogP contribution < -0.4 is 10.1 Å². The molecule has 0 saturated carbocycles. The maximum absolute atomic E-state index is 11.7. The van der Waals surface area contributed by atoms with Crippen molar-refractivity contribution in [3.63, 3.8) is 0 Å². The molecule has 1 rings (SSSR count). The topological polar surface area (TPSA) is 47.6 Å². The van der Waals surface area contributed by atoms with Gasteiger partial charge in [0.15, 0.2) is 0 Å². The van der Waals surface area contributed by atoms with Gasteiger partial charge in [0, 0.05) is 17.2 Å². The summed E-state index contributed by atoms with van der Waals surface area (Å²) in [6.45, 7) is 7.33. The minimum absolute atomic E-state index is 0.106. The predicted molar refractivity (Wildman–Crippen MR) is 80.1 cm³/mol. The zero-order valence-electron chi connectivity index (χ0n) is 12.6. The van der Waals surface area contributed by atoms with E-state index in [4.69, 9.17) is 15.9 Å². The molecule has 0 saturated heterocycles. The van der Waals surface area contributed by atoms with Gasteiger partial charge in [-0.2, -0.15) is 0 Å². The van der Waals surface area contributed by atoms with Crippen LogP contribution in [0, 0.1) is 12.3 Å². The number of benzene rings is 1. The molecule has 1 aromatic carbocycles. The van der Waals surface area contributed by atoms with E-state index in [1.165, 1.54) is 0 Å². The Morgan fingerprint density at radius 3 is 2.55 bits per heavy atom. The van der Waals surface area contributed by atoms with Crippen molar-refractivity contribution < 1.29 is 14.3 Å². The molecule has 0 aromatic heterocycles. The number of nitrogens with one attached hydrogen (secondary N) is 1. The van der Waals surface area contributed by atoms with E-state index >= 15 is 0 Å². The van der Waals surface area contributed by atoms with E-state index in [1.54, 1.807) is 25.3 Å².